The van der Waals surface area contributed by atoms with Crippen molar-refractivity contribution in [2.75, 3.05) is 0 Å². The number of rotatable bonds is 7. The van der Waals surface area contributed by atoms with Crippen molar-refractivity contribution in [3.8, 4) is 0 Å². The Morgan fingerprint density at radius 1 is 1.04 bits per heavy atom. The summed E-state index contributed by atoms with van der Waals surface area (Å²) in [5.74, 6) is 0.701. The van der Waals surface area contributed by atoms with Gasteiger partial charge in [-0.1, -0.05) is 5.16 Å². The van der Waals surface area contributed by atoms with Gasteiger partial charge >= 0.3 is 6.03 Å². The van der Waals surface area contributed by atoms with Crippen LogP contribution in [0.4, 0.5) is 4.79 Å². The zero-order valence-electron chi connectivity index (χ0n) is 14.8. The molecule has 0 saturated carbocycles. The molecule has 7 heteroatoms. The summed E-state index contributed by atoms with van der Waals surface area (Å²) in [7, 11) is 0. The van der Waals surface area contributed by atoms with Crippen molar-refractivity contribution in [1.82, 2.24) is 21.1 Å². The molecular formula is C16H28N4O3. The molecule has 3 N–H and O–H groups in total. The van der Waals surface area contributed by atoms with E-state index in [1.807, 2.05) is 34.6 Å². The number of nitrogens with one attached hydrogen (secondary N) is 3. The first-order chi connectivity index (χ1) is 10.7. The minimum Gasteiger partial charge on any atom is -0.361 e. The Kier molecular flexibility index (Phi) is 7.06. The van der Waals surface area contributed by atoms with Crippen LogP contribution in [0, 0.1) is 13.8 Å². The van der Waals surface area contributed by atoms with Crippen LogP contribution in [0.25, 0.3) is 0 Å². The molecule has 0 fully saturated rings. The van der Waals surface area contributed by atoms with Gasteiger partial charge in [0.05, 0.1) is 5.69 Å². The first-order valence-corrected chi connectivity index (χ1v) is 7.97. The Morgan fingerprint density at radius 2 is 1.65 bits per heavy atom. The predicted octanol–water partition coefficient (Wildman–Crippen LogP) is 1.82. The minimum atomic E-state index is -0.283. The smallest absolute Gasteiger partial charge is 0.315 e. The van der Waals surface area contributed by atoms with Gasteiger partial charge < -0.3 is 20.5 Å². The minimum absolute atomic E-state index is 0.0662. The number of carbonyl (C=O) groups is 2. The lowest BCUT2D eigenvalue weighted by Crippen LogP contribution is -2.46. The number of urea groups is 1. The number of hydrogen-bond acceptors (Lipinski definition) is 4. The van der Waals surface area contributed by atoms with E-state index in [4.69, 9.17) is 4.52 Å². The Balaban J connectivity index is 2.39. The molecule has 1 aromatic rings. The highest BCUT2D eigenvalue weighted by Crippen LogP contribution is 2.14. The number of amides is 3. The molecule has 3 amide bonds. The van der Waals surface area contributed by atoms with E-state index < -0.39 is 0 Å². The largest absolute Gasteiger partial charge is 0.361 e. The molecule has 0 spiro atoms. The van der Waals surface area contributed by atoms with Crippen LogP contribution in [0.5, 0.6) is 0 Å². The van der Waals surface area contributed by atoms with E-state index in [2.05, 4.69) is 21.1 Å². The van der Waals surface area contributed by atoms with Crippen molar-refractivity contribution in [1.29, 1.82) is 0 Å². The van der Waals surface area contributed by atoms with Crippen molar-refractivity contribution in [2.45, 2.75) is 72.5 Å². The molecule has 0 saturated heterocycles. The second-order valence-corrected chi connectivity index (χ2v) is 6.35. The highest BCUT2D eigenvalue weighted by molar-refractivity contribution is 5.79. The average molecular weight is 324 g/mol. The standard InChI is InChI=1S/C16H28N4O3/c1-9(2)17-15(21)8-11(4)19-16(22)18-10(3)7-14-12(5)20-23-13(14)6/h9-11H,7-8H2,1-6H3,(H,17,21)(H2,18,19,22). The van der Waals surface area contributed by atoms with Gasteiger partial charge in [0, 0.05) is 30.1 Å². The highest BCUT2D eigenvalue weighted by Gasteiger charge is 2.16. The van der Waals surface area contributed by atoms with Gasteiger partial charge in [-0.15, -0.1) is 0 Å². The molecule has 1 heterocycles. The van der Waals surface area contributed by atoms with Crippen LogP contribution in [-0.2, 0) is 11.2 Å². The summed E-state index contributed by atoms with van der Waals surface area (Å²) >= 11 is 0. The second-order valence-electron chi connectivity index (χ2n) is 6.35. The molecule has 23 heavy (non-hydrogen) atoms. The molecule has 0 bridgehead atoms. The normalized spacial score (nSPS) is 13.5. The number of hydrogen-bond donors (Lipinski definition) is 3. The van der Waals surface area contributed by atoms with Gasteiger partial charge in [-0.05, 0) is 48.0 Å². The van der Waals surface area contributed by atoms with E-state index in [-0.39, 0.29) is 36.5 Å². The summed E-state index contributed by atoms with van der Waals surface area (Å²) < 4.78 is 5.12. The molecular weight excluding hydrogens is 296 g/mol. The maximum atomic E-state index is 12.0. The fourth-order valence-electron chi connectivity index (χ4n) is 2.35. The average Bonchev–Trinajstić information content (AvgIpc) is 2.68. The van der Waals surface area contributed by atoms with Gasteiger partial charge in [0.1, 0.15) is 5.76 Å². The summed E-state index contributed by atoms with van der Waals surface area (Å²) in [6.07, 6.45) is 0.903. The summed E-state index contributed by atoms with van der Waals surface area (Å²) in [6, 6.07) is -0.490. The zero-order valence-corrected chi connectivity index (χ0v) is 14.8. The Hall–Kier alpha value is -2.05. The highest BCUT2D eigenvalue weighted by atomic mass is 16.5. The third-order valence-corrected chi connectivity index (χ3v) is 3.39. The molecule has 0 aliphatic rings. The molecule has 1 aromatic heterocycles. The van der Waals surface area contributed by atoms with E-state index in [1.165, 1.54) is 0 Å². The summed E-state index contributed by atoms with van der Waals surface area (Å²) in [4.78, 5) is 23.6. The predicted molar refractivity (Wildman–Crippen MR) is 88.2 cm³/mol. The topological polar surface area (TPSA) is 96.3 Å². The van der Waals surface area contributed by atoms with Gasteiger partial charge in [-0.3, -0.25) is 4.79 Å². The lowest BCUT2D eigenvalue weighted by Gasteiger charge is -2.18. The fraction of sp³-hybridized carbons (Fsp3) is 0.688. The number of carbonyl (C=O) groups excluding carboxylic acids is 2. The van der Waals surface area contributed by atoms with Crippen LogP contribution in [-0.4, -0.2) is 35.2 Å². The van der Waals surface area contributed by atoms with E-state index in [9.17, 15) is 9.59 Å². The van der Waals surface area contributed by atoms with Crippen molar-refractivity contribution in [3.63, 3.8) is 0 Å². The lowest BCUT2D eigenvalue weighted by atomic mass is 10.1. The van der Waals surface area contributed by atoms with Gasteiger partial charge in [-0.25, -0.2) is 4.79 Å². The molecule has 0 radical (unpaired) electrons. The number of aryl methyl sites for hydroxylation is 2. The SMILES string of the molecule is Cc1noc(C)c1CC(C)NC(=O)NC(C)CC(=O)NC(C)C. The summed E-state index contributed by atoms with van der Waals surface area (Å²) in [5, 5.41) is 12.3. The van der Waals surface area contributed by atoms with Crippen LogP contribution in [0.3, 0.4) is 0 Å². The first-order valence-electron chi connectivity index (χ1n) is 7.97. The maximum Gasteiger partial charge on any atom is 0.315 e. The summed E-state index contributed by atoms with van der Waals surface area (Å²) in [5.41, 5.74) is 1.86. The third kappa shape index (κ3) is 6.71. The number of nitrogens with zero attached hydrogens (tertiary/aromatic N) is 1. The molecule has 0 aliphatic heterocycles. The van der Waals surface area contributed by atoms with Crippen molar-refractivity contribution in [2.24, 2.45) is 0 Å². The Morgan fingerprint density at radius 3 is 2.17 bits per heavy atom. The lowest BCUT2D eigenvalue weighted by molar-refractivity contribution is -0.121. The molecule has 7 nitrogen and oxygen atoms in total. The monoisotopic (exact) mass is 324 g/mol. The van der Waals surface area contributed by atoms with Gasteiger partial charge in [-0.2, -0.15) is 0 Å². The van der Waals surface area contributed by atoms with Crippen LogP contribution in [0.15, 0.2) is 4.52 Å². The van der Waals surface area contributed by atoms with E-state index in [1.54, 1.807) is 6.92 Å². The van der Waals surface area contributed by atoms with Crippen LogP contribution < -0.4 is 16.0 Å². The summed E-state index contributed by atoms with van der Waals surface area (Å²) in [6.45, 7) is 11.3. The molecule has 2 unspecified atom stereocenters. The second kappa shape index (κ2) is 8.55. The first kappa shape index (κ1) is 19.0. The van der Waals surface area contributed by atoms with Gasteiger partial charge in [0.2, 0.25) is 5.91 Å². The molecule has 0 aromatic carbocycles. The van der Waals surface area contributed by atoms with E-state index in [0.717, 1.165) is 17.0 Å². The molecule has 1 rings (SSSR count). The maximum absolute atomic E-state index is 12.0. The Labute approximate surface area is 137 Å². The van der Waals surface area contributed by atoms with E-state index >= 15 is 0 Å². The number of aromatic nitrogens is 1. The molecule has 130 valence electrons. The molecule has 2 atom stereocenters. The Bertz CT molecular complexity index is 520. The third-order valence-electron chi connectivity index (χ3n) is 3.39. The van der Waals surface area contributed by atoms with Crippen molar-refractivity contribution < 1.29 is 14.1 Å². The van der Waals surface area contributed by atoms with Crippen molar-refractivity contribution in [3.05, 3.63) is 17.0 Å². The molecule has 0 aliphatic carbocycles. The quantitative estimate of drug-likeness (QED) is 0.713. The van der Waals surface area contributed by atoms with Gasteiger partial charge in [0.25, 0.3) is 0 Å². The van der Waals surface area contributed by atoms with Gasteiger partial charge in [0.15, 0.2) is 0 Å². The zero-order chi connectivity index (χ0) is 17.6. The fourth-order valence-corrected chi connectivity index (χ4v) is 2.35. The van der Waals surface area contributed by atoms with Crippen LogP contribution in [0.2, 0.25) is 0 Å². The van der Waals surface area contributed by atoms with Crippen LogP contribution >= 0.6 is 0 Å². The van der Waals surface area contributed by atoms with Crippen molar-refractivity contribution >= 4 is 11.9 Å². The van der Waals surface area contributed by atoms with Crippen LogP contribution in [0.1, 0.15) is 51.1 Å². The van der Waals surface area contributed by atoms with E-state index in [0.29, 0.717) is 6.42 Å².